The van der Waals surface area contributed by atoms with E-state index < -0.39 is 5.25 Å². The van der Waals surface area contributed by atoms with Gasteiger partial charge in [0.2, 0.25) is 11.1 Å². The highest BCUT2D eigenvalue weighted by Gasteiger charge is 2.19. The Labute approximate surface area is 137 Å². The highest BCUT2D eigenvalue weighted by Crippen LogP contribution is 2.29. The minimum absolute atomic E-state index is 0.216. The fourth-order valence-corrected chi connectivity index (χ4v) is 2.64. The van der Waals surface area contributed by atoms with E-state index in [1.165, 1.54) is 23.5 Å². The third kappa shape index (κ3) is 3.63. The molecule has 9 heteroatoms. The molecule has 3 N–H and O–H groups in total. The second kappa shape index (κ2) is 6.89. The maximum absolute atomic E-state index is 12.3. The number of hydrogen-bond acceptors (Lipinski definition) is 6. The van der Waals surface area contributed by atoms with Crippen molar-refractivity contribution in [2.75, 3.05) is 18.3 Å². The van der Waals surface area contributed by atoms with Crippen molar-refractivity contribution in [3.05, 3.63) is 29.0 Å². The van der Waals surface area contributed by atoms with E-state index in [4.69, 9.17) is 22.2 Å². The number of halogens is 1. The molecule has 0 saturated carbocycles. The number of methoxy groups -OCH3 is 1. The number of nitrogens with zero attached hydrogens (tertiary/aromatic N) is 3. The van der Waals surface area contributed by atoms with Gasteiger partial charge in [-0.1, -0.05) is 23.4 Å². The first-order valence-electron chi connectivity index (χ1n) is 6.40. The molecule has 0 spiro atoms. The van der Waals surface area contributed by atoms with Crippen molar-refractivity contribution in [3.8, 4) is 5.75 Å². The minimum Gasteiger partial charge on any atom is -0.495 e. The van der Waals surface area contributed by atoms with Crippen LogP contribution < -0.4 is 15.9 Å². The van der Waals surface area contributed by atoms with Gasteiger partial charge in [0, 0.05) is 5.02 Å². The van der Waals surface area contributed by atoms with Gasteiger partial charge in [-0.25, -0.2) is 4.68 Å². The van der Waals surface area contributed by atoms with Crippen molar-refractivity contribution < 1.29 is 9.53 Å². The van der Waals surface area contributed by atoms with Crippen molar-refractivity contribution in [2.45, 2.75) is 24.3 Å². The van der Waals surface area contributed by atoms with E-state index in [0.29, 0.717) is 27.4 Å². The summed E-state index contributed by atoms with van der Waals surface area (Å²) in [5.74, 6) is 6.66. The lowest BCUT2D eigenvalue weighted by molar-refractivity contribution is -0.115. The van der Waals surface area contributed by atoms with E-state index >= 15 is 0 Å². The molecule has 1 aromatic heterocycles. The fourth-order valence-electron chi connectivity index (χ4n) is 1.65. The number of carbonyl (C=O) groups excluding carboxylic acids is 1. The first-order chi connectivity index (χ1) is 10.4. The van der Waals surface area contributed by atoms with Crippen LogP contribution in [0.25, 0.3) is 0 Å². The Bertz CT molecular complexity index is 691. The lowest BCUT2D eigenvalue weighted by Gasteiger charge is -2.14. The molecule has 0 unspecified atom stereocenters. The van der Waals surface area contributed by atoms with Gasteiger partial charge in [-0.15, -0.1) is 10.2 Å². The highest BCUT2D eigenvalue weighted by molar-refractivity contribution is 8.00. The van der Waals surface area contributed by atoms with Gasteiger partial charge in [-0.05, 0) is 32.0 Å². The zero-order valence-corrected chi connectivity index (χ0v) is 13.9. The summed E-state index contributed by atoms with van der Waals surface area (Å²) >= 11 is 7.15. The number of aromatic nitrogens is 3. The second-order valence-corrected chi connectivity index (χ2v) is 6.24. The number of nitrogen functional groups attached to an aromatic ring is 1. The van der Waals surface area contributed by atoms with Gasteiger partial charge in [0.15, 0.2) is 0 Å². The van der Waals surface area contributed by atoms with Gasteiger partial charge < -0.3 is 15.9 Å². The number of nitrogens with two attached hydrogens (primary N) is 1. The quantitative estimate of drug-likeness (QED) is 0.638. The van der Waals surface area contributed by atoms with Crippen LogP contribution in [0, 0.1) is 6.92 Å². The molecule has 118 valence electrons. The summed E-state index contributed by atoms with van der Waals surface area (Å²) in [6.07, 6.45) is 0. The number of hydrogen-bond donors (Lipinski definition) is 2. The van der Waals surface area contributed by atoms with Crippen LogP contribution in [0.2, 0.25) is 5.02 Å². The van der Waals surface area contributed by atoms with Gasteiger partial charge in [-0.2, -0.15) is 0 Å². The third-order valence-corrected chi connectivity index (χ3v) is 4.20. The Balaban J connectivity index is 2.08. The average Bonchev–Trinajstić information content (AvgIpc) is 2.79. The molecular formula is C13H16ClN5O2S. The largest absolute Gasteiger partial charge is 0.495 e. The first-order valence-corrected chi connectivity index (χ1v) is 7.66. The lowest BCUT2D eigenvalue weighted by Crippen LogP contribution is -2.24. The number of amides is 1. The molecule has 0 aliphatic rings. The standard InChI is InChI=1S/C13H16ClN5O2S/c1-7(22-13-18-17-8(2)19(13)15)12(20)16-10-6-9(14)4-5-11(10)21-3/h4-7H,15H2,1-3H3,(H,16,20)/t7-/m0/s1. The van der Waals surface area contributed by atoms with Crippen molar-refractivity contribution in [2.24, 2.45) is 0 Å². The van der Waals surface area contributed by atoms with Crippen LogP contribution >= 0.6 is 23.4 Å². The molecule has 1 heterocycles. The zero-order valence-electron chi connectivity index (χ0n) is 12.3. The van der Waals surface area contributed by atoms with Crippen molar-refractivity contribution in [1.82, 2.24) is 14.9 Å². The number of benzene rings is 1. The molecule has 7 nitrogen and oxygen atoms in total. The number of rotatable bonds is 5. The molecule has 0 aliphatic heterocycles. The SMILES string of the molecule is COc1ccc(Cl)cc1NC(=O)[C@H](C)Sc1nnc(C)n1N. The first kappa shape index (κ1) is 16.4. The fraction of sp³-hybridized carbons (Fsp3) is 0.308. The number of aryl methyl sites for hydroxylation is 1. The topological polar surface area (TPSA) is 95.1 Å². The van der Waals surface area contributed by atoms with Crippen LogP contribution in [0.1, 0.15) is 12.7 Å². The van der Waals surface area contributed by atoms with E-state index in [9.17, 15) is 4.79 Å². The Hall–Kier alpha value is -1.93. The molecule has 0 saturated heterocycles. The minimum atomic E-state index is -0.422. The normalized spacial score (nSPS) is 12.0. The molecule has 22 heavy (non-hydrogen) atoms. The average molecular weight is 342 g/mol. The molecule has 0 bridgehead atoms. The van der Waals surface area contributed by atoms with Crippen molar-refractivity contribution in [1.29, 1.82) is 0 Å². The van der Waals surface area contributed by atoms with Gasteiger partial charge in [0.1, 0.15) is 11.6 Å². The third-order valence-electron chi connectivity index (χ3n) is 2.91. The molecule has 0 aliphatic carbocycles. The van der Waals surface area contributed by atoms with Crippen LogP contribution in [-0.2, 0) is 4.79 Å². The summed E-state index contributed by atoms with van der Waals surface area (Å²) in [7, 11) is 1.52. The van der Waals surface area contributed by atoms with Crippen molar-refractivity contribution >= 4 is 35.0 Å². The summed E-state index contributed by atoms with van der Waals surface area (Å²) in [5, 5.41) is 11.1. The van der Waals surface area contributed by atoms with E-state index in [1.807, 2.05) is 0 Å². The van der Waals surface area contributed by atoms with Crippen LogP contribution in [0.15, 0.2) is 23.4 Å². The molecule has 1 aromatic carbocycles. The van der Waals surface area contributed by atoms with Crippen LogP contribution in [0.5, 0.6) is 5.75 Å². The maximum atomic E-state index is 12.3. The van der Waals surface area contributed by atoms with Gasteiger partial charge in [0.05, 0.1) is 18.0 Å². The number of nitrogens with one attached hydrogen (secondary N) is 1. The van der Waals surface area contributed by atoms with Gasteiger partial charge in [-0.3, -0.25) is 4.79 Å². The molecule has 2 rings (SSSR count). The molecule has 0 radical (unpaired) electrons. The van der Waals surface area contributed by atoms with Crippen LogP contribution in [0.3, 0.4) is 0 Å². The molecule has 2 aromatic rings. The Kier molecular flexibility index (Phi) is 5.15. The van der Waals surface area contributed by atoms with Gasteiger partial charge >= 0.3 is 0 Å². The van der Waals surface area contributed by atoms with E-state index in [2.05, 4.69) is 15.5 Å². The highest BCUT2D eigenvalue weighted by atomic mass is 35.5. The van der Waals surface area contributed by atoms with E-state index in [-0.39, 0.29) is 5.91 Å². The summed E-state index contributed by atoms with van der Waals surface area (Å²) in [6.45, 7) is 3.49. The summed E-state index contributed by atoms with van der Waals surface area (Å²) in [5.41, 5.74) is 0.512. The second-order valence-electron chi connectivity index (χ2n) is 4.49. The summed E-state index contributed by atoms with van der Waals surface area (Å²) < 4.78 is 6.54. The Morgan fingerprint density at radius 1 is 1.50 bits per heavy atom. The predicted molar refractivity (Wildman–Crippen MR) is 86.9 cm³/mol. The van der Waals surface area contributed by atoms with E-state index in [1.54, 1.807) is 32.0 Å². The van der Waals surface area contributed by atoms with Crippen molar-refractivity contribution in [3.63, 3.8) is 0 Å². The maximum Gasteiger partial charge on any atom is 0.237 e. The van der Waals surface area contributed by atoms with Crippen LogP contribution in [-0.4, -0.2) is 33.1 Å². The Morgan fingerprint density at radius 2 is 2.23 bits per heavy atom. The zero-order chi connectivity index (χ0) is 16.3. The number of ether oxygens (including phenoxy) is 1. The summed E-state index contributed by atoms with van der Waals surface area (Å²) in [6, 6.07) is 5.01. The summed E-state index contributed by atoms with van der Waals surface area (Å²) in [4.78, 5) is 12.3. The molecule has 1 atom stereocenters. The smallest absolute Gasteiger partial charge is 0.237 e. The number of carbonyl (C=O) groups is 1. The lowest BCUT2D eigenvalue weighted by atomic mass is 10.3. The molecule has 0 fully saturated rings. The number of anilines is 1. The molecular weight excluding hydrogens is 326 g/mol. The predicted octanol–water partition coefficient (Wildman–Crippen LogP) is 2.08. The van der Waals surface area contributed by atoms with Gasteiger partial charge in [0.25, 0.3) is 0 Å². The van der Waals surface area contributed by atoms with Crippen LogP contribution in [0.4, 0.5) is 5.69 Å². The molecule has 1 amide bonds. The van der Waals surface area contributed by atoms with E-state index in [0.717, 1.165) is 0 Å². The monoisotopic (exact) mass is 341 g/mol. The Morgan fingerprint density at radius 3 is 2.82 bits per heavy atom. The number of thioether (sulfide) groups is 1.